The van der Waals surface area contributed by atoms with E-state index < -0.39 is 0 Å². The highest BCUT2D eigenvalue weighted by Gasteiger charge is 2.37. The van der Waals surface area contributed by atoms with Crippen molar-refractivity contribution in [3.8, 4) is 33.9 Å². The van der Waals surface area contributed by atoms with Crippen LogP contribution in [-0.4, -0.2) is 9.97 Å². The summed E-state index contributed by atoms with van der Waals surface area (Å²) in [4.78, 5) is 10.0. The van der Waals surface area contributed by atoms with Crippen LogP contribution in [0.3, 0.4) is 0 Å². The molecule has 0 saturated carbocycles. The van der Waals surface area contributed by atoms with Gasteiger partial charge in [-0.05, 0) is 69.1 Å². The van der Waals surface area contributed by atoms with Crippen LogP contribution >= 0.6 is 0 Å². The molecule has 3 unspecified atom stereocenters. The topological polar surface area (TPSA) is 25.8 Å². The molecule has 0 bridgehead atoms. The van der Waals surface area contributed by atoms with Crippen LogP contribution in [0, 0.1) is 11.8 Å². The van der Waals surface area contributed by atoms with Gasteiger partial charge in [0.1, 0.15) is 0 Å². The number of aromatic nitrogens is 2. The van der Waals surface area contributed by atoms with Crippen molar-refractivity contribution >= 4 is 16.3 Å². The zero-order valence-corrected chi connectivity index (χ0v) is 26.6. The van der Waals surface area contributed by atoms with Gasteiger partial charge in [-0.15, -0.1) is 0 Å². The van der Waals surface area contributed by atoms with E-state index in [0.717, 1.165) is 40.3 Å². The van der Waals surface area contributed by atoms with E-state index in [2.05, 4.69) is 152 Å². The van der Waals surface area contributed by atoms with Crippen LogP contribution in [-0.2, 0) is 0 Å². The van der Waals surface area contributed by atoms with Gasteiger partial charge in [-0.1, -0.05) is 158 Å². The molecule has 0 radical (unpaired) electrons. The summed E-state index contributed by atoms with van der Waals surface area (Å²) in [7, 11) is 0. The molecule has 0 spiro atoms. The molecular formula is C46H34N2. The summed E-state index contributed by atoms with van der Waals surface area (Å²) in [5.41, 5.74) is 11.8. The molecule has 0 aliphatic heterocycles. The maximum Gasteiger partial charge on any atom is 0.160 e. The van der Waals surface area contributed by atoms with Crippen LogP contribution in [0.1, 0.15) is 29.0 Å². The monoisotopic (exact) mass is 614 g/mol. The summed E-state index contributed by atoms with van der Waals surface area (Å²) < 4.78 is 0. The lowest BCUT2D eigenvalue weighted by Gasteiger charge is -2.40. The van der Waals surface area contributed by atoms with Gasteiger partial charge in [0.25, 0.3) is 0 Å². The second-order valence-corrected chi connectivity index (χ2v) is 12.9. The smallest absolute Gasteiger partial charge is 0.160 e. The van der Waals surface area contributed by atoms with E-state index in [1.54, 1.807) is 0 Å². The maximum atomic E-state index is 5.07. The van der Waals surface area contributed by atoms with Crippen LogP contribution in [0.5, 0.6) is 0 Å². The second-order valence-electron chi connectivity index (χ2n) is 12.9. The van der Waals surface area contributed by atoms with Crippen molar-refractivity contribution in [1.29, 1.82) is 0 Å². The molecule has 0 saturated heterocycles. The van der Waals surface area contributed by atoms with Crippen molar-refractivity contribution in [3.63, 3.8) is 0 Å². The van der Waals surface area contributed by atoms with E-state index in [1.165, 1.54) is 38.6 Å². The van der Waals surface area contributed by atoms with Crippen molar-refractivity contribution in [2.75, 3.05) is 0 Å². The minimum Gasteiger partial charge on any atom is -0.228 e. The van der Waals surface area contributed by atoms with E-state index in [4.69, 9.17) is 9.97 Å². The van der Waals surface area contributed by atoms with Gasteiger partial charge in [-0.3, -0.25) is 0 Å². The van der Waals surface area contributed by atoms with Crippen LogP contribution in [0.25, 0.3) is 50.2 Å². The molecule has 48 heavy (non-hydrogen) atoms. The molecule has 3 atom stereocenters. The Morgan fingerprint density at radius 3 is 1.96 bits per heavy atom. The van der Waals surface area contributed by atoms with Gasteiger partial charge < -0.3 is 0 Å². The van der Waals surface area contributed by atoms with Crippen molar-refractivity contribution in [2.24, 2.45) is 11.8 Å². The molecule has 228 valence electrons. The molecule has 0 N–H and O–H groups in total. The Balaban J connectivity index is 1.14. The number of hydrogen-bond acceptors (Lipinski definition) is 2. The van der Waals surface area contributed by atoms with Gasteiger partial charge in [0.2, 0.25) is 0 Å². The molecular weight excluding hydrogens is 581 g/mol. The molecule has 3 aliphatic rings. The van der Waals surface area contributed by atoms with E-state index in [1.807, 2.05) is 24.3 Å². The lowest BCUT2D eigenvalue weighted by Crippen LogP contribution is -2.27. The summed E-state index contributed by atoms with van der Waals surface area (Å²) >= 11 is 0. The van der Waals surface area contributed by atoms with Crippen molar-refractivity contribution in [2.45, 2.75) is 12.3 Å². The van der Waals surface area contributed by atoms with Gasteiger partial charge in [-0.2, -0.15) is 0 Å². The lowest BCUT2D eigenvalue weighted by atomic mass is 9.63. The zero-order chi connectivity index (χ0) is 31.9. The predicted molar refractivity (Wildman–Crippen MR) is 199 cm³/mol. The Morgan fingerprint density at radius 2 is 1.19 bits per heavy atom. The molecule has 0 fully saturated rings. The molecule has 3 aliphatic carbocycles. The van der Waals surface area contributed by atoms with Gasteiger partial charge in [-0.25, -0.2) is 9.97 Å². The van der Waals surface area contributed by atoms with Crippen molar-refractivity contribution in [3.05, 3.63) is 198 Å². The van der Waals surface area contributed by atoms with E-state index >= 15 is 0 Å². The third-order valence-corrected chi connectivity index (χ3v) is 10.1. The van der Waals surface area contributed by atoms with Crippen LogP contribution in [0.4, 0.5) is 0 Å². The third-order valence-electron chi connectivity index (χ3n) is 10.1. The standard InChI is InChI=1S/C46H34N2/c1-4-14-31(15-5-1)42-30-43(48-46(47-42)33-18-8-3-9-19-33)36-26-24-35-29-37(27-25-34(35)28-36)45-40-22-12-10-20-38(40)44(32-16-6-2-7-17-32)39-21-11-13-23-41(39)45/h1-16,18-30,32,38,44H,17H2. The summed E-state index contributed by atoms with van der Waals surface area (Å²) in [5, 5.41) is 2.41. The number of rotatable bonds is 5. The Kier molecular flexibility index (Phi) is 7.13. The van der Waals surface area contributed by atoms with Gasteiger partial charge in [0.05, 0.1) is 11.4 Å². The highest BCUT2D eigenvalue weighted by molar-refractivity contribution is 5.95. The molecule has 1 aromatic heterocycles. The Hall–Kier alpha value is -5.86. The molecule has 2 nitrogen and oxygen atoms in total. The minimum atomic E-state index is 0.342. The quantitative estimate of drug-likeness (QED) is 0.193. The average Bonchev–Trinajstić information content (AvgIpc) is 3.17. The van der Waals surface area contributed by atoms with Crippen LogP contribution < -0.4 is 0 Å². The van der Waals surface area contributed by atoms with Gasteiger partial charge in [0, 0.05) is 28.5 Å². The Bertz CT molecular complexity index is 2260. The first-order chi connectivity index (χ1) is 23.8. The molecule has 0 amide bonds. The second kappa shape index (κ2) is 12.1. The first-order valence-corrected chi connectivity index (χ1v) is 16.9. The van der Waals surface area contributed by atoms with Gasteiger partial charge >= 0.3 is 0 Å². The fraction of sp³-hybridized carbons (Fsp3) is 0.0870. The lowest BCUT2D eigenvalue weighted by molar-refractivity contribution is 0.438. The highest BCUT2D eigenvalue weighted by Crippen LogP contribution is 2.51. The molecule has 2 heteroatoms. The number of hydrogen-bond donors (Lipinski definition) is 0. The molecule has 5 aromatic carbocycles. The number of fused-ring (bicyclic) bond motifs is 3. The number of nitrogens with zero attached hydrogens (tertiary/aromatic N) is 2. The third kappa shape index (κ3) is 5.07. The molecule has 9 rings (SSSR count). The summed E-state index contributed by atoms with van der Waals surface area (Å²) in [6.07, 6.45) is 19.4. The van der Waals surface area contributed by atoms with E-state index in [-0.39, 0.29) is 0 Å². The Morgan fingerprint density at radius 1 is 0.521 bits per heavy atom. The largest absolute Gasteiger partial charge is 0.228 e. The van der Waals surface area contributed by atoms with E-state index in [0.29, 0.717) is 17.8 Å². The highest BCUT2D eigenvalue weighted by atomic mass is 14.9. The van der Waals surface area contributed by atoms with Crippen LogP contribution in [0.2, 0.25) is 0 Å². The predicted octanol–water partition coefficient (Wildman–Crippen LogP) is 11.4. The SMILES string of the molecule is C1=CCC(C2c3ccccc3C(c3ccc4cc(-c5cc(-c6ccccc6)nc(-c6ccccc6)n5)ccc4c3)=C3C=CC=CC32)C=C1. The zero-order valence-electron chi connectivity index (χ0n) is 26.6. The fourth-order valence-corrected chi connectivity index (χ4v) is 7.80. The fourth-order valence-electron chi connectivity index (χ4n) is 7.80. The van der Waals surface area contributed by atoms with Gasteiger partial charge in [0.15, 0.2) is 5.82 Å². The number of benzene rings is 5. The first-order valence-electron chi connectivity index (χ1n) is 16.9. The van der Waals surface area contributed by atoms with E-state index in [9.17, 15) is 0 Å². The normalized spacial score (nSPS) is 19.4. The Labute approximate surface area is 281 Å². The average molecular weight is 615 g/mol. The minimum absolute atomic E-state index is 0.342. The summed E-state index contributed by atoms with van der Waals surface area (Å²) in [5.74, 6) is 1.97. The molecule has 1 heterocycles. The summed E-state index contributed by atoms with van der Waals surface area (Å²) in [6.45, 7) is 0. The summed E-state index contributed by atoms with van der Waals surface area (Å²) in [6, 6.07) is 45.5. The van der Waals surface area contributed by atoms with Crippen molar-refractivity contribution < 1.29 is 0 Å². The van der Waals surface area contributed by atoms with Crippen molar-refractivity contribution in [1.82, 2.24) is 9.97 Å². The van der Waals surface area contributed by atoms with Crippen LogP contribution in [0.15, 0.2) is 182 Å². The maximum absolute atomic E-state index is 5.07. The molecule has 6 aromatic rings. The first kappa shape index (κ1) is 28.4. The number of allylic oxidation sites excluding steroid dienone is 9.